The molecule has 0 spiro atoms. The Balaban J connectivity index is 1.78. The van der Waals surface area contributed by atoms with E-state index >= 15 is 0 Å². The molecule has 0 saturated carbocycles. The Morgan fingerprint density at radius 3 is 3.00 bits per heavy atom. The summed E-state index contributed by atoms with van der Waals surface area (Å²) in [5, 5.41) is 3.43. The van der Waals surface area contributed by atoms with Crippen LogP contribution in [0.4, 0.5) is 10.1 Å². The van der Waals surface area contributed by atoms with E-state index in [1.807, 2.05) is 0 Å². The second-order valence-electron chi connectivity index (χ2n) is 5.30. The van der Waals surface area contributed by atoms with Gasteiger partial charge in [-0.05, 0) is 37.8 Å². The fourth-order valence-electron chi connectivity index (χ4n) is 2.88. The van der Waals surface area contributed by atoms with E-state index in [1.54, 1.807) is 29.5 Å². The van der Waals surface area contributed by atoms with Crippen LogP contribution in [-0.2, 0) is 17.6 Å². The smallest absolute Gasteiger partial charge is 0.256 e. The van der Waals surface area contributed by atoms with Gasteiger partial charge in [0.25, 0.3) is 5.91 Å². The quantitative estimate of drug-likeness (QED) is 0.817. The number of nitrogens with one attached hydrogen (secondary N) is 1. The minimum atomic E-state index is -0.400. The standard InChI is InChI=1S/C16H13FN2OS/c17-11-5-3-4-9-10(16(20)19-15(9)11)8-14-18-12-6-1-2-7-13(12)21-14/h3-5,8H,1-2,6-7H2,(H,19,20). The number of carbonyl (C=O) groups excluding carboxylic acids is 1. The van der Waals surface area contributed by atoms with Crippen LogP contribution in [0.1, 0.15) is 34.0 Å². The fraction of sp³-hybridized carbons (Fsp3) is 0.250. The number of carbonyl (C=O) groups is 1. The number of para-hydroxylation sites is 1. The second-order valence-corrected chi connectivity index (χ2v) is 6.42. The van der Waals surface area contributed by atoms with Crippen molar-refractivity contribution < 1.29 is 9.18 Å². The van der Waals surface area contributed by atoms with Crippen LogP contribution in [0, 0.1) is 5.82 Å². The van der Waals surface area contributed by atoms with Gasteiger partial charge in [-0.15, -0.1) is 11.3 Å². The number of thiazole rings is 1. The molecule has 0 atom stereocenters. The van der Waals surface area contributed by atoms with E-state index < -0.39 is 5.82 Å². The number of nitrogens with zero attached hydrogens (tertiary/aromatic N) is 1. The van der Waals surface area contributed by atoms with E-state index in [2.05, 4.69) is 10.3 Å². The van der Waals surface area contributed by atoms with Gasteiger partial charge in [0.05, 0.1) is 17.0 Å². The molecule has 1 N–H and O–H groups in total. The zero-order valence-electron chi connectivity index (χ0n) is 11.3. The summed E-state index contributed by atoms with van der Waals surface area (Å²) in [6.07, 6.45) is 6.27. The Morgan fingerprint density at radius 1 is 1.29 bits per heavy atom. The zero-order valence-corrected chi connectivity index (χ0v) is 12.1. The summed E-state index contributed by atoms with van der Waals surface area (Å²) in [5.41, 5.74) is 2.55. The minimum absolute atomic E-state index is 0.261. The Kier molecular flexibility index (Phi) is 2.89. The van der Waals surface area contributed by atoms with Gasteiger partial charge in [0, 0.05) is 10.4 Å². The molecule has 5 heteroatoms. The number of anilines is 1. The van der Waals surface area contributed by atoms with Crippen molar-refractivity contribution in [2.45, 2.75) is 25.7 Å². The van der Waals surface area contributed by atoms with E-state index in [0.717, 1.165) is 23.5 Å². The summed E-state index contributed by atoms with van der Waals surface area (Å²) < 4.78 is 13.7. The first-order chi connectivity index (χ1) is 10.2. The van der Waals surface area contributed by atoms with Gasteiger partial charge in [-0.25, -0.2) is 9.37 Å². The van der Waals surface area contributed by atoms with Crippen LogP contribution in [0.2, 0.25) is 0 Å². The van der Waals surface area contributed by atoms with Gasteiger partial charge in [0.2, 0.25) is 0 Å². The number of aromatic nitrogens is 1. The molecule has 21 heavy (non-hydrogen) atoms. The third-order valence-corrected chi connectivity index (χ3v) is 5.02. The molecule has 1 aliphatic heterocycles. The van der Waals surface area contributed by atoms with E-state index in [4.69, 9.17) is 0 Å². The van der Waals surface area contributed by atoms with Crippen LogP contribution in [0.5, 0.6) is 0 Å². The van der Waals surface area contributed by atoms with Gasteiger partial charge in [0.1, 0.15) is 10.8 Å². The van der Waals surface area contributed by atoms with Gasteiger partial charge < -0.3 is 5.32 Å². The summed E-state index contributed by atoms with van der Waals surface area (Å²) in [6.45, 7) is 0. The van der Waals surface area contributed by atoms with Crippen LogP contribution < -0.4 is 5.32 Å². The average molecular weight is 300 g/mol. The summed E-state index contributed by atoms with van der Waals surface area (Å²) in [4.78, 5) is 18.0. The van der Waals surface area contributed by atoms with Crippen molar-refractivity contribution in [3.63, 3.8) is 0 Å². The van der Waals surface area contributed by atoms with E-state index in [0.29, 0.717) is 11.1 Å². The summed E-state index contributed by atoms with van der Waals surface area (Å²) >= 11 is 1.64. The number of aryl methyl sites for hydroxylation is 2. The Labute approximate surface area is 125 Å². The maximum Gasteiger partial charge on any atom is 0.256 e. The predicted molar refractivity (Wildman–Crippen MR) is 81.7 cm³/mol. The topological polar surface area (TPSA) is 42.0 Å². The van der Waals surface area contributed by atoms with E-state index in [9.17, 15) is 9.18 Å². The van der Waals surface area contributed by atoms with Crippen molar-refractivity contribution in [3.05, 3.63) is 45.2 Å². The lowest BCUT2D eigenvalue weighted by atomic mass is 10.0. The first-order valence-electron chi connectivity index (χ1n) is 7.03. The summed E-state index contributed by atoms with van der Waals surface area (Å²) in [5.74, 6) is -0.661. The van der Waals surface area contributed by atoms with Crippen molar-refractivity contribution in [3.8, 4) is 0 Å². The first kappa shape index (κ1) is 12.7. The molecule has 0 radical (unpaired) electrons. The molecule has 1 aromatic carbocycles. The molecule has 1 aliphatic carbocycles. The Morgan fingerprint density at radius 2 is 2.14 bits per heavy atom. The van der Waals surface area contributed by atoms with E-state index in [-0.39, 0.29) is 11.6 Å². The molecule has 106 valence electrons. The molecule has 1 amide bonds. The molecule has 2 heterocycles. The number of rotatable bonds is 1. The summed E-state index contributed by atoms with van der Waals surface area (Å²) in [7, 11) is 0. The number of amides is 1. The third-order valence-electron chi connectivity index (χ3n) is 3.92. The van der Waals surface area contributed by atoms with Crippen molar-refractivity contribution in [1.82, 2.24) is 4.98 Å². The molecule has 2 aromatic rings. The molecule has 0 bridgehead atoms. The molecule has 0 fully saturated rings. The highest BCUT2D eigenvalue weighted by Crippen LogP contribution is 2.36. The molecular weight excluding hydrogens is 287 g/mol. The molecule has 4 rings (SSSR count). The molecule has 1 aromatic heterocycles. The Hall–Kier alpha value is -2.01. The van der Waals surface area contributed by atoms with Crippen LogP contribution in [0.15, 0.2) is 18.2 Å². The van der Waals surface area contributed by atoms with Crippen LogP contribution in [-0.4, -0.2) is 10.9 Å². The second kappa shape index (κ2) is 4.77. The molecule has 0 unspecified atom stereocenters. The maximum absolute atomic E-state index is 13.7. The largest absolute Gasteiger partial charge is 0.319 e. The highest BCUT2D eigenvalue weighted by molar-refractivity contribution is 7.12. The van der Waals surface area contributed by atoms with Gasteiger partial charge in [-0.2, -0.15) is 0 Å². The van der Waals surface area contributed by atoms with Crippen molar-refractivity contribution in [1.29, 1.82) is 0 Å². The first-order valence-corrected chi connectivity index (χ1v) is 7.84. The van der Waals surface area contributed by atoms with Gasteiger partial charge in [-0.3, -0.25) is 4.79 Å². The molecule has 2 aliphatic rings. The van der Waals surface area contributed by atoms with Crippen LogP contribution >= 0.6 is 11.3 Å². The van der Waals surface area contributed by atoms with E-state index in [1.165, 1.54) is 23.8 Å². The highest BCUT2D eigenvalue weighted by Gasteiger charge is 2.27. The van der Waals surface area contributed by atoms with Crippen molar-refractivity contribution in [2.75, 3.05) is 5.32 Å². The predicted octanol–water partition coefficient (Wildman–Crippen LogP) is 3.65. The lowest BCUT2D eigenvalue weighted by Crippen LogP contribution is -2.04. The maximum atomic E-state index is 13.7. The average Bonchev–Trinajstić information content (AvgIpc) is 3.02. The fourth-order valence-corrected chi connectivity index (χ4v) is 3.98. The van der Waals surface area contributed by atoms with Crippen LogP contribution in [0.3, 0.4) is 0 Å². The number of halogens is 1. The third kappa shape index (κ3) is 2.08. The Bertz CT molecular complexity index is 755. The van der Waals surface area contributed by atoms with Crippen molar-refractivity contribution >= 4 is 34.6 Å². The van der Waals surface area contributed by atoms with Crippen molar-refractivity contribution in [2.24, 2.45) is 0 Å². The minimum Gasteiger partial charge on any atom is -0.319 e. The van der Waals surface area contributed by atoms with Gasteiger partial charge in [0.15, 0.2) is 0 Å². The lowest BCUT2D eigenvalue weighted by Gasteiger charge is -2.06. The monoisotopic (exact) mass is 300 g/mol. The number of fused-ring (bicyclic) bond motifs is 2. The summed E-state index contributed by atoms with van der Waals surface area (Å²) in [6, 6.07) is 4.73. The number of hydrogen-bond donors (Lipinski definition) is 1. The normalized spacial score (nSPS) is 18.5. The number of hydrogen-bond acceptors (Lipinski definition) is 3. The lowest BCUT2D eigenvalue weighted by molar-refractivity contribution is -0.110. The molecular formula is C16H13FN2OS. The number of benzene rings is 1. The highest BCUT2D eigenvalue weighted by atomic mass is 32.1. The molecule has 0 saturated heterocycles. The molecule has 3 nitrogen and oxygen atoms in total. The van der Waals surface area contributed by atoms with Crippen LogP contribution in [0.25, 0.3) is 11.6 Å². The zero-order chi connectivity index (χ0) is 14.4. The van der Waals surface area contributed by atoms with Gasteiger partial charge in [-0.1, -0.05) is 12.1 Å². The SMILES string of the molecule is O=C1Nc2c(F)cccc2C1=Cc1nc2c(s1)CCCC2. The van der Waals surface area contributed by atoms with Gasteiger partial charge >= 0.3 is 0 Å².